The Bertz CT molecular complexity index is 720. The molecule has 0 aliphatic rings. The average Bonchev–Trinajstić information content (AvgIpc) is 2.97. The number of hydrogen-bond donors (Lipinski definition) is 1. The predicted octanol–water partition coefficient (Wildman–Crippen LogP) is 1.92. The van der Waals surface area contributed by atoms with Crippen LogP contribution in [0.3, 0.4) is 0 Å². The summed E-state index contributed by atoms with van der Waals surface area (Å²) in [6, 6.07) is 15.0. The Labute approximate surface area is 115 Å². The molecule has 3 rings (SSSR count). The molecule has 2 aromatic carbocycles. The third kappa shape index (κ3) is 2.07. The molecule has 3 aromatic rings. The summed E-state index contributed by atoms with van der Waals surface area (Å²) in [5.41, 5.74) is 8.06. The van der Waals surface area contributed by atoms with Gasteiger partial charge in [-0.1, -0.05) is 12.1 Å². The highest BCUT2D eigenvalue weighted by Crippen LogP contribution is 2.26. The van der Waals surface area contributed by atoms with E-state index in [9.17, 15) is 0 Å². The van der Waals surface area contributed by atoms with Crippen molar-refractivity contribution in [2.75, 3.05) is 12.8 Å². The van der Waals surface area contributed by atoms with E-state index in [1.54, 1.807) is 11.8 Å². The van der Waals surface area contributed by atoms with E-state index in [1.165, 1.54) is 0 Å². The Hall–Kier alpha value is -2.89. The summed E-state index contributed by atoms with van der Waals surface area (Å²) in [6.07, 6.45) is 0. The maximum atomic E-state index is 5.70. The van der Waals surface area contributed by atoms with Crippen molar-refractivity contribution >= 4 is 5.69 Å². The zero-order valence-corrected chi connectivity index (χ0v) is 10.9. The summed E-state index contributed by atoms with van der Waals surface area (Å²) in [6.45, 7) is 0. The van der Waals surface area contributed by atoms with Crippen molar-refractivity contribution in [2.45, 2.75) is 0 Å². The zero-order valence-electron chi connectivity index (χ0n) is 10.9. The number of nitrogens with zero attached hydrogens (tertiary/aromatic N) is 4. The van der Waals surface area contributed by atoms with E-state index in [0.29, 0.717) is 17.3 Å². The van der Waals surface area contributed by atoms with Crippen molar-refractivity contribution in [3.05, 3.63) is 48.5 Å². The number of rotatable bonds is 3. The van der Waals surface area contributed by atoms with Crippen LogP contribution in [0.5, 0.6) is 5.75 Å². The van der Waals surface area contributed by atoms with Gasteiger partial charge in [-0.2, -0.15) is 4.68 Å². The van der Waals surface area contributed by atoms with Gasteiger partial charge in [0.2, 0.25) is 0 Å². The fourth-order valence-electron chi connectivity index (χ4n) is 1.97. The number of anilines is 1. The summed E-state index contributed by atoms with van der Waals surface area (Å²) in [5.74, 6) is 1.34. The van der Waals surface area contributed by atoms with Crippen LogP contribution in [0.4, 0.5) is 5.69 Å². The van der Waals surface area contributed by atoms with Gasteiger partial charge in [0.25, 0.3) is 0 Å². The molecule has 0 aliphatic heterocycles. The van der Waals surface area contributed by atoms with Gasteiger partial charge < -0.3 is 10.5 Å². The molecule has 6 nitrogen and oxygen atoms in total. The first-order valence-corrected chi connectivity index (χ1v) is 6.07. The Kier molecular flexibility index (Phi) is 3.04. The van der Waals surface area contributed by atoms with Crippen LogP contribution in [-0.2, 0) is 0 Å². The first kappa shape index (κ1) is 12.2. The molecule has 0 bridgehead atoms. The average molecular weight is 267 g/mol. The maximum Gasteiger partial charge on any atom is 0.187 e. The van der Waals surface area contributed by atoms with Gasteiger partial charge in [-0.15, -0.1) is 5.10 Å². The number of aromatic nitrogens is 4. The van der Waals surface area contributed by atoms with E-state index in [2.05, 4.69) is 15.5 Å². The number of hydrogen-bond acceptors (Lipinski definition) is 5. The van der Waals surface area contributed by atoms with E-state index in [4.69, 9.17) is 10.5 Å². The van der Waals surface area contributed by atoms with Crippen molar-refractivity contribution in [1.82, 2.24) is 20.2 Å². The van der Waals surface area contributed by atoms with E-state index in [1.807, 2.05) is 48.5 Å². The first-order chi connectivity index (χ1) is 9.79. The topological polar surface area (TPSA) is 78.8 Å². The van der Waals surface area contributed by atoms with Gasteiger partial charge in [0.05, 0.1) is 7.11 Å². The maximum absolute atomic E-state index is 5.70. The normalized spacial score (nSPS) is 10.4. The van der Waals surface area contributed by atoms with Crippen LogP contribution in [0.15, 0.2) is 48.5 Å². The number of methoxy groups -OCH3 is 1. The molecule has 0 unspecified atom stereocenters. The largest absolute Gasteiger partial charge is 0.494 e. The Morgan fingerprint density at radius 1 is 1.05 bits per heavy atom. The lowest BCUT2D eigenvalue weighted by atomic mass is 10.2. The molecule has 6 heteroatoms. The third-order valence-corrected chi connectivity index (χ3v) is 2.95. The van der Waals surface area contributed by atoms with Crippen molar-refractivity contribution < 1.29 is 4.74 Å². The van der Waals surface area contributed by atoms with Gasteiger partial charge in [-0.05, 0) is 46.8 Å². The van der Waals surface area contributed by atoms with E-state index < -0.39 is 0 Å². The Morgan fingerprint density at radius 2 is 1.80 bits per heavy atom. The summed E-state index contributed by atoms with van der Waals surface area (Å²) >= 11 is 0. The quantitative estimate of drug-likeness (QED) is 0.733. The second kappa shape index (κ2) is 5.00. The van der Waals surface area contributed by atoms with Crippen LogP contribution < -0.4 is 10.5 Å². The van der Waals surface area contributed by atoms with Crippen LogP contribution in [0, 0.1) is 0 Å². The lowest BCUT2D eigenvalue weighted by molar-refractivity contribution is 0.411. The van der Waals surface area contributed by atoms with Gasteiger partial charge >= 0.3 is 0 Å². The van der Waals surface area contributed by atoms with Crippen molar-refractivity contribution in [3.63, 3.8) is 0 Å². The van der Waals surface area contributed by atoms with Crippen molar-refractivity contribution in [3.8, 4) is 22.8 Å². The molecule has 0 spiro atoms. The number of nitrogen functional groups attached to an aromatic ring is 1. The van der Waals surface area contributed by atoms with E-state index in [0.717, 1.165) is 11.3 Å². The van der Waals surface area contributed by atoms with Crippen LogP contribution >= 0.6 is 0 Å². The van der Waals surface area contributed by atoms with Gasteiger partial charge in [0, 0.05) is 11.3 Å². The van der Waals surface area contributed by atoms with Crippen molar-refractivity contribution in [1.29, 1.82) is 0 Å². The zero-order chi connectivity index (χ0) is 13.9. The predicted molar refractivity (Wildman–Crippen MR) is 75.6 cm³/mol. The molecule has 0 saturated carbocycles. The SMILES string of the molecule is COc1ccccc1-n1nnnc1-c1ccc(N)cc1. The highest BCUT2D eigenvalue weighted by molar-refractivity contribution is 5.61. The fourth-order valence-corrected chi connectivity index (χ4v) is 1.97. The molecule has 100 valence electrons. The minimum absolute atomic E-state index is 0.634. The van der Waals surface area contributed by atoms with Gasteiger partial charge in [-0.25, -0.2) is 0 Å². The summed E-state index contributed by atoms with van der Waals surface area (Å²) in [5, 5.41) is 11.9. The molecule has 0 aliphatic carbocycles. The number of para-hydroxylation sites is 2. The lowest BCUT2D eigenvalue weighted by Crippen LogP contribution is -2.02. The highest BCUT2D eigenvalue weighted by atomic mass is 16.5. The summed E-state index contributed by atoms with van der Waals surface area (Å²) in [7, 11) is 1.62. The minimum Gasteiger partial charge on any atom is -0.494 e. The molecule has 0 fully saturated rings. The van der Waals surface area contributed by atoms with Gasteiger partial charge in [-0.3, -0.25) is 0 Å². The van der Waals surface area contributed by atoms with Crippen LogP contribution in [0.25, 0.3) is 17.1 Å². The Balaban J connectivity index is 2.13. The van der Waals surface area contributed by atoms with Crippen LogP contribution in [0.2, 0.25) is 0 Å². The molecule has 20 heavy (non-hydrogen) atoms. The number of nitrogens with two attached hydrogens (primary N) is 1. The molecular weight excluding hydrogens is 254 g/mol. The molecule has 2 N–H and O–H groups in total. The third-order valence-electron chi connectivity index (χ3n) is 2.95. The van der Waals surface area contributed by atoms with Crippen LogP contribution in [-0.4, -0.2) is 27.3 Å². The smallest absolute Gasteiger partial charge is 0.187 e. The molecule has 0 atom stereocenters. The fraction of sp³-hybridized carbons (Fsp3) is 0.0714. The molecule has 1 aromatic heterocycles. The summed E-state index contributed by atoms with van der Waals surface area (Å²) in [4.78, 5) is 0. The molecule has 0 saturated heterocycles. The monoisotopic (exact) mass is 267 g/mol. The minimum atomic E-state index is 0.634. The lowest BCUT2D eigenvalue weighted by Gasteiger charge is -2.09. The molecular formula is C14H13N5O. The molecule has 0 amide bonds. The van der Waals surface area contributed by atoms with E-state index in [-0.39, 0.29) is 0 Å². The standard InChI is InChI=1S/C14H13N5O/c1-20-13-5-3-2-4-12(13)19-14(16-17-18-19)10-6-8-11(15)9-7-10/h2-9H,15H2,1H3. The number of tetrazole rings is 1. The number of ether oxygens (including phenoxy) is 1. The Morgan fingerprint density at radius 3 is 2.55 bits per heavy atom. The molecule has 1 heterocycles. The van der Waals surface area contributed by atoms with Gasteiger partial charge in [0.1, 0.15) is 11.4 Å². The van der Waals surface area contributed by atoms with Gasteiger partial charge in [0.15, 0.2) is 5.82 Å². The van der Waals surface area contributed by atoms with E-state index >= 15 is 0 Å². The first-order valence-electron chi connectivity index (χ1n) is 6.07. The van der Waals surface area contributed by atoms with Crippen molar-refractivity contribution in [2.24, 2.45) is 0 Å². The number of benzene rings is 2. The summed E-state index contributed by atoms with van der Waals surface area (Å²) < 4.78 is 6.99. The highest BCUT2D eigenvalue weighted by Gasteiger charge is 2.13. The second-order valence-corrected chi connectivity index (χ2v) is 4.21. The van der Waals surface area contributed by atoms with Crippen LogP contribution in [0.1, 0.15) is 0 Å². The molecule has 0 radical (unpaired) electrons. The second-order valence-electron chi connectivity index (χ2n) is 4.21.